The first-order chi connectivity index (χ1) is 12.3. The molecule has 2 N–H and O–H groups in total. The summed E-state index contributed by atoms with van der Waals surface area (Å²) in [4.78, 5) is 26.3. The number of urea groups is 1. The summed E-state index contributed by atoms with van der Waals surface area (Å²) < 4.78 is 27.0. The summed E-state index contributed by atoms with van der Waals surface area (Å²) in [5, 5.41) is 4.92. The fraction of sp³-hybridized carbons (Fsp3) is 0.625. The van der Waals surface area contributed by atoms with E-state index in [1.54, 1.807) is 12.1 Å². The minimum atomic E-state index is -3.46. The Labute approximate surface area is 158 Å². The van der Waals surface area contributed by atoms with Gasteiger partial charge in [-0.2, -0.15) is 4.31 Å². The molecular weight excluding hydrogens is 376 g/mol. The van der Waals surface area contributed by atoms with Gasteiger partial charge in [0, 0.05) is 37.6 Å². The molecular formula is C16H26N4O4S2. The molecule has 1 aromatic rings. The van der Waals surface area contributed by atoms with Gasteiger partial charge in [0.05, 0.1) is 6.54 Å². The van der Waals surface area contributed by atoms with Gasteiger partial charge < -0.3 is 5.32 Å². The van der Waals surface area contributed by atoms with E-state index in [2.05, 4.69) is 10.6 Å². The lowest BCUT2D eigenvalue weighted by Crippen LogP contribution is -2.52. The number of thiophene rings is 1. The lowest BCUT2D eigenvalue weighted by Gasteiger charge is -2.33. The van der Waals surface area contributed by atoms with Crippen molar-refractivity contribution in [2.24, 2.45) is 0 Å². The second-order valence-corrected chi connectivity index (χ2v) is 9.66. The van der Waals surface area contributed by atoms with Gasteiger partial charge >= 0.3 is 6.03 Å². The molecule has 0 bridgehead atoms. The number of hydrogen-bond acceptors (Lipinski definition) is 6. The second kappa shape index (κ2) is 9.45. The Morgan fingerprint density at radius 3 is 2.46 bits per heavy atom. The lowest BCUT2D eigenvalue weighted by atomic mass is 10.3. The number of nitrogens with zero attached hydrogens (tertiary/aromatic N) is 2. The minimum Gasteiger partial charge on any atom is -0.338 e. The molecule has 3 amide bonds. The van der Waals surface area contributed by atoms with E-state index in [0.29, 0.717) is 36.9 Å². The number of aryl methyl sites for hydroxylation is 1. The van der Waals surface area contributed by atoms with Crippen molar-refractivity contribution < 1.29 is 18.0 Å². The summed E-state index contributed by atoms with van der Waals surface area (Å²) in [6.45, 7) is 6.07. The molecule has 0 aliphatic carbocycles. The summed E-state index contributed by atoms with van der Waals surface area (Å²) in [5.74, 6) is -0.385. The molecule has 1 aliphatic heterocycles. The number of amides is 3. The van der Waals surface area contributed by atoms with E-state index >= 15 is 0 Å². The maximum Gasteiger partial charge on any atom is 0.321 e. The highest BCUT2D eigenvalue weighted by atomic mass is 32.2. The van der Waals surface area contributed by atoms with Gasteiger partial charge in [-0.3, -0.25) is 15.0 Å². The Balaban J connectivity index is 1.77. The largest absolute Gasteiger partial charge is 0.338 e. The second-order valence-electron chi connectivity index (χ2n) is 6.20. The van der Waals surface area contributed by atoms with E-state index in [4.69, 9.17) is 0 Å². The van der Waals surface area contributed by atoms with Crippen LogP contribution in [-0.4, -0.2) is 68.8 Å². The van der Waals surface area contributed by atoms with Gasteiger partial charge in [0.25, 0.3) is 10.0 Å². The molecule has 2 rings (SSSR count). The van der Waals surface area contributed by atoms with Crippen LogP contribution in [0.4, 0.5) is 4.79 Å². The SMILES string of the molecule is CCCCNC(=O)NC(=O)CN1CCN(S(=O)(=O)c2ccc(C)s2)CC1. The summed E-state index contributed by atoms with van der Waals surface area (Å²) in [6, 6.07) is 2.94. The maximum absolute atomic E-state index is 12.6. The van der Waals surface area contributed by atoms with E-state index < -0.39 is 16.1 Å². The van der Waals surface area contributed by atoms with Crippen molar-refractivity contribution in [1.82, 2.24) is 19.8 Å². The van der Waals surface area contributed by atoms with Crippen LogP contribution in [0.1, 0.15) is 24.6 Å². The number of carbonyl (C=O) groups excluding carboxylic acids is 2. The van der Waals surface area contributed by atoms with Crippen LogP contribution in [0.3, 0.4) is 0 Å². The smallest absolute Gasteiger partial charge is 0.321 e. The van der Waals surface area contributed by atoms with Crippen molar-refractivity contribution in [3.63, 3.8) is 0 Å². The van der Waals surface area contributed by atoms with Crippen LogP contribution in [0.2, 0.25) is 0 Å². The molecule has 1 saturated heterocycles. The van der Waals surface area contributed by atoms with Crippen molar-refractivity contribution in [2.45, 2.75) is 30.9 Å². The predicted molar refractivity (Wildman–Crippen MR) is 101 cm³/mol. The zero-order chi connectivity index (χ0) is 19.2. The summed E-state index contributed by atoms with van der Waals surface area (Å²) in [5.41, 5.74) is 0. The van der Waals surface area contributed by atoms with E-state index in [1.807, 2.05) is 18.7 Å². The zero-order valence-corrected chi connectivity index (χ0v) is 16.8. The molecule has 10 heteroatoms. The van der Waals surface area contributed by atoms with Gasteiger partial charge in [0.2, 0.25) is 5.91 Å². The molecule has 0 radical (unpaired) electrons. The van der Waals surface area contributed by atoms with Gasteiger partial charge in [-0.25, -0.2) is 13.2 Å². The third-order valence-electron chi connectivity index (χ3n) is 4.08. The first kappa shape index (κ1) is 20.8. The molecule has 8 nitrogen and oxygen atoms in total. The predicted octanol–water partition coefficient (Wildman–Crippen LogP) is 0.989. The molecule has 0 saturated carbocycles. The number of piperazine rings is 1. The minimum absolute atomic E-state index is 0.0766. The molecule has 0 spiro atoms. The molecule has 0 unspecified atom stereocenters. The Morgan fingerprint density at radius 2 is 1.88 bits per heavy atom. The molecule has 26 heavy (non-hydrogen) atoms. The van der Waals surface area contributed by atoms with Crippen LogP contribution < -0.4 is 10.6 Å². The van der Waals surface area contributed by atoms with Crippen molar-refractivity contribution in [3.8, 4) is 0 Å². The van der Waals surface area contributed by atoms with Gasteiger partial charge in [-0.05, 0) is 25.5 Å². The van der Waals surface area contributed by atoms with Crippen LogP contribution in [0.5, 0.6) is 0 Å². The molecule has 1 fully saturated rings. The summed E-state index contributed by atoms with van der Waals surface area (Å²) >= 11 is 1.26. The third-order valence-corrected chi connectivity index (χ3v) is 7.44. The zero-order valence-electron chi connectivity index (χ0n) is 15.2. The van der Waals surface area contributed by atoms with E-state index in [9.17, 15) is 18.0 Å². The lowest BCUT2D eigenvalue weighted by molar-refractivity contribution is -0.121. The number of hydrogen-bond donors (Lipinski definition) is 2. The molecule has 146 valence electrons. The fourth-order valence-corrected chi connectivity index (χ4v) is 5.46. The van der Waals surface area contributed by atoms with Crippen molar-refractivity contribution in [2.75, 3.05) is 39.3 Å². The first-order valence-electron chi connectivity index (χ1n) is 8.69. The number of nitrogens with one attached hydrogen (secondary N) is 2. The first-order valence-corrected chi connectivity index (χ1v) is 10.9. The fourth-order valence-electron chi connectivity index (χ4n) is 2.60. The maximum atomic E-state index is 12.6. The van der Waals surface area contributed by atoms with Crippen molar-refractivity contribution in [3.05, 3.63) is 17.0 Å². The highest BCUT2D eigenvalue weighted by Gasteiger charge is 2.30. The van der Waals surface area contributed by atoms with Crippen LogP contribution >= 0.6 is 11.3 Å². The van der Waals surface area contributed by atoms with Crippen molar-refractivity contribution in [1.29, 1.82) is 0 Å². The Hall–Kier alpha value is -1.49. The summed E-state index contributed by atoms with van der Waals surface area (Å²) in [6.07, 6.45) is 1.83. The number of imide groups is 1. The third kappa shape index (κ3) is 5.76. The molecule has 0 aromatic carbocycles. The number of carbonyl (C=O) groups is 2. The van der Waals surface area contributed by atoms with Gasteiger partial charge in [-0.1, -0.05) is 13.3 Å². The topological polar surface area (TPSA) is 98.8 Å². The monoisotopic (exact) mass is 402 g/mol. The Kier molecular flexibility index (Phi) is 7.56. The highest BCUT2D eigenvalue weighted by molar-refractivity contribution is 7.91. The molecule has 2 heterocycles. The average Bonchev–Trinajstić information content (AvgIpc) is 3.03. The summed E-state index contributed by atoms with van der Waals surface area (Å²) in [7, 11) is -3.46. The Bertz CT molecular complexity index is 724. The van der Waals surface area contributed by atoms with Crippen LogP contribution in [-0.2, 0) is 14.8 Å². The highest BCUT2D eigenvalue weighted by Crippen LogP contribution is 2.25. The van der Waals surface area contributed by atoms with Gasteiger partial charge in [-0.15, -0.1) is 11.3 Å². The van der Waals surface area contributed by atoms with E-state index in [1.165, 1.54) is 15.6 Å². The molecule has 0 atom stereocenters. The number of sulfonamides is 1. The van der Waals surface area contributed by atoms with E-state index in [-0.39, 0.29) is 12.5 Å². The van der Waals surface area contributed by atoms with Crippen molar-refractivity contribution >= 4 is 33.3 Å². The van der Waals surface area contributed by atoms with Crippen LogP contribution in [0, 0.1) is 6.92 Å². The van der Waals surface area contributed by atoms with Crippen LogP contribution in [0.15, 0.2) is 16.3 Å². The molecule has 1 aromatic heterocycles. The van der Waals surface area contributed by atoms with Crippen LogP contribution in [0.25, 0.3) is 0 Å². The van der Waals surface area contributed by atoms with Gasteiger partial charge in [0.15, 0.2) is 0 Å². The normalized spacial score (nSPS) is 16.4. The standard InChI is InChI=1S/C16H26N4O4S2/c1-3-4-7-17-16(22)18-14(21)12-19-8-10-20(11-9-19)26(23,24)15-6-5-13(2)25-15/h5-6H,3-4,7-12H2,1-2H3,(H2,17,18,21,22). The Morgan fingerprint density at radius 1 is 1.19 bits per heavy atom. The molecule has 1 aliphatic rings. The van der Waals surface area contributed by atoms with Gasteiger partial charge in [0.1, 0.15) is 4.21 Å². The average molecular weight is 403 g/mol. The quantitative estimate of drug-likeness (QED) is 0.663. The number of rotatable bonds is 7. The number of unbranched alkanes of at least 4 members (excludes halogenated alkanes) is 1. The van der Waals surface area contributed by atoms with E-state index in [0.717, 1.165) is 17.7 Å².